The van der Waals surface area contributed by atoms with E-state index in [2.05, 4.69) is 5.32 Å². The molecule has 0 atom stereocenters. The van der Waals surface area contributed by atoms with E-state index in [-0.39, 0.29) is 11.8 Å². The van der Waals surface area contributed by atoms with Crippen LogP contribution in [-0.2, 0) is 17.8 Å². The highest BCUT2D eigenvalue weighted by Gasteiger charge is 2.17. The molecule has 0 saturated carbocycles. The third-order valence-electron chi connectivity index (χ3n) is 5.30. The monoisotopic (exact) mass is 446 g/mol. The van der Waals surface area contributed by atoms with Crippen LogP contribution in [0.15, 0.2) is 78.9 Å². The third-order valence-corrected chi connectivity index (χ3v) is 6.24. The van der Waals surface area contributed by atoms with Gasteiger partial charge >= 0.3 is 0 Å². The number of carbonyl (C=O) groups excluding carboxylic acids is 2. The molecule has 0 unspecified atom stereocenters. The largest absolute Gasteiger partial charge is 0.489 e. The Balaban J connectivity index is 1.28. The van der Waals surface area contributed by atoms with Crippen LogP contribution in [0.4, 0.5) is 5.69 Å². The fourth-order valence-electron chi connectivity index (χ4n) is 3.44. The molecule has 2 amide bonds. The van der Waals surface area contributed by atoms with Crippen LogP contribution in [0.25, 0.3) is 0 Å². The fraction of sp³-hybridized carbons (Fsp3) is 0.231. The zero-order valence-electron chi connectivity index (χ0n) is 17.8. The molecule has 0 bridgehead atoms. The van der Waals surface area contributed by atoms with E-state index >= 15 is 0 Å². The second kappa shape index (κ2) is 10.9. The van der Waals surface area contributed by atoms with Crippen LogP contribution < -0.4 is 10.1 Å². The van der Waals surface area contributed by atoms with Gasteiger partial charge in [-0.25, -0.2) is 0 Å². The lowest BCUT2D eigenvalue weighted by Crippen LogP contribution is -2.38. The van der Waals surface area contributed by atoms with Gasteiger partial charge in [-0.15, -0.1) is 0 Å². The highest BCUT2D eigenvalue weighted by molar-refractivity contribution is 7.99. The molecule has 1 heterocycles. The summed E-state index contributed by atoms with van der Waals surface area (Å²) in [5.41, 5.74) is 3.23. The minimum atomic E-state index is -0.171. The van der Waals surface area contributed by atoms with Crippen molar-refractivity contribution in [2.24, 2.45) is 0 Å². The molecule has 0 spiro atoms. The number of rotatable bonds is 7. The molecule has 1 aliphatic heterocycles. The van der Waals surface area contributed by atoms with Crippen molar-refractivity contribution in [1.29, 1.82) is 0 Å². The molecule has 4 rings (SSSR count). The number of para-hydroxylation sites is 1. The summed E-state index contributed by atoms with van der Waals surface area (Å²) >= 11 is 1.89. The van der Waals surface area contributed by atoms with E-state index in [1.165, 1.54) is 0 Å². The number of amides is 2. The SMILES string of the molecule is O=C(Nc1ccc(CC(=O)N2CCSCC2)cc1)c1ccc(COc2ccccc2)cc1. The number of thioether (sulfide) groups is 1. The lowest BCUT2D eigenvalue weighted by atomic mass is 10.1. The normalized spacial score (nSPS) is 13.4. The third kappa shape index (κ3) is 6.14. The summed E-state index contributed by atoms with van der Waals surface area (Å²) < 4.78 is 5.74. The number of carbonyl (C=O) groups is 2. The first-order valence-corrected chi connectivity index (χ1v) is 11.9. The Hall–Kier alpha value is -3.25. The van der Waals surface area contributed by atoms with E-state index < -0.39 is 0 Å². The molecule has 6 heteroatoms. The minimum Gasteiger partial charge on any atom is -0.489 e. The summed E-state index contributed by atoms with van der Waals surface area (Å²) in [4.78, 5) is 26.9. The van der Waals surface area contributed by atoms with Crippen molar-refractivity contribution in [3.63, 3.8) is 0 Å². The molecule has 1 fully saturated rings. The smallest absolute Gasteiger partial charge is 0.255 e. The standard InChI is InChI=1S/C26H26N2O3S/c29-25(28-14-16-32-17-15-28)18-20-8-12-23(13-9-20)27-26(30)22-10-6-21(7-11-22)19-31-24-4-2-1-3-5-24/h1-13H,14-19H2,(H,27,30). The van der Waals surface area contributed by atoms with Crippen molar-refractivity contribution < 1.29 is 14.3 Å². The van der Waals surface area contributed by atoms with Crippen LogP contribution in [0.5, 0.6) is 5.75 Å². The van der Waals surface area contributed by atoms with Crippen LogP contribution in [0.2, 0.25) is 0 Å². The number of hydrogen-bond donors (Lipinski definition) is 1. The van der Waals surface area contributed by atoms with E-state index in [4.69, 9.17) is 4.74 Å². The number of ether oxygens (including phenoxy) is 1. The Morgan fingerprint density at radius 2 is 1.50 bits per heavy atom. The average Bonchev–Trinajstić information content (AvgIpc) is 2.85. The molecule has 3 aromatic carbocycles. The first-order chi connectivity index (χ1) is 15.7. The molecule has 1 N–H and O–H groups in total. The Kier molecular flexibility index (Phi) is 7.46. The number of benzene rings is 3. The second-order valence-electron chi connectivity index (χ2n) is 7.62. The molecule has 164 valence electrons. The maximum atomic E-state index is 12.6. The van der Waals surface area contributed by atoms with Gasteiger partial charge in [0, 0.05) is 35.8 Å². The lowest BCUT2D eigenvalue weighted by Gasteiger charge is -2.26. The Morgan fingerprint density at radius 3 is 2.19 bits per heavy atom. The van der Waals surface area contributed by atoms with E-state index in [0.717, 1.165) is 41.5 Å². The Labute approximate surface area is 192 Å². The molecule has 1 aliphatic rings. The summed E-state index contributed by atoms with van der Waals surface area (Å²) in [6.07, 6.45) is 0.394. The molecule has 32 heavy (non-hydrogen) atoms. The van der Waals surface area contributed by atoms with Crippen molar-refractivity contribution in [3.8, 4) is 5.75 Å². The van der Waals surface area contributed by atoms with Crippen LogP contribution in [0.1, 0.15) is 21.5 Å². The van der Waals surface area contributed by atoms with Crippen LogP contribution in [-0.4, -0.2) is 41.3 Å². The van der Waals surface area contributed by atoms with E-state index in [0.29, 0.717) is 24.3 Å². The summed E-state index contributed by atoms with van der Waals surface area (Å²) in [6.45, 7) is 2.10. The van der Waals surface area contributed by atoms with E-state index in [9.17, 15) is 9.59 Å². The zero-order valence-corrected chi connectivity index (χ0v) is 18.6. The molecule has 0 radical (unpaired) electrons. The van der Waals surface area contributed by atoms with Crippen molar-refractivity contribution in [2.45, 2.75) is 13.0 Å². The first-order valence-electron chi connectivity index (χ1n) is 10.7. The van der Waals surface area contributed by atoms with Gasteiger partial charge < -0.3 is 15.0 Å². The van der Waals surface area contributed by atoms with Gasteiger partial charge in [-0.3, -0.25) is 9.59 Å². The van der Waals surface area contributed by atoms with Gasteiger partial charge in [0.05, 0.1) is 6.42 Å². The van der Waals surface area contributed by atoms with Crippen molar-refractivity contribution >= 4 is 29.3 Å². The number of hydrogen-bond acceptors (Lipinski definition) is 4. The predicted molar refractivity (Wildman–Crippen MR) is 129 cm³/mol. The quantitative estimate of drug-likeness (QED) is 0.575. The average molecular weight is 447 g/mol. The second-order valence-corrected chi connectivity index (χ2v) is 8.84. The molecule has 1 saturated heterocycles. The van der Waals surface area contributed by atoms with Gasteiger partial charge in [0.1, 0.15) is 12.4 Å². The van der Waals surface area contributed by atoms with Crippen LogP contribution in [0, 0.1) is 0 Å². The first kappa shape index (κ1) is 22.0. The topological polar surface area (TPSA) is 58.6 Å². The van der Waals surface area contributed by atoms with Gasteiger partial charge in [-0.05, 0) is 47.5 Å². The molecule has 0 aromatic heterocycles. The molecule has 0 aliphatic carbocycles. The summed E-state index contributed by atoms with van der Waals surface area (Å²) in [5, 5.41) is 2.91. The van der Waals surface area contributed by atoms with Gasteiger partial charge in [0.15, 0.2) is 0 Å². The van der Waals surface area contributed by atoms with E-state index in [1.54, 1.807) is 12.1 Å². The highest BCUT2D eigenvalue weighted by Crippen LogP contribution is 2.16. The molecule has 5 nitrogen and oxygen atoms in total. The zero-order chi connectivity index (χ0) is 22.2. The fourth-order valence-corrected chi connectivity index (χ4v) is 4.35. The summed E-state index contributed by atoms with van der Waals surface area (Å²) in [5.74, 6) is 2.83. The van der Waals surface area contributed by atoms with Crippen LogP contribution >= 0.6 is 11.8 Å². The number of nitrogens with zero attached hydrogens (tertiary/aromatic N) is 1. The van der Waals surface area contributed by atoms with Gasteiger partial charge in [-0.1, -0.05) is 42.5 Å². The van der Waals surface area contributed by atoms with Crippen molar-refractivity contribution in [1.82, 2.24) is 4.90 Å². The van der Waals surface area contributed by atoms with Crippen LogP contribution in [0.3, 0.4) is 0 Å². The summed E-state index contributed by atoms with van der Waals surface area (Å²) in [7, 11) is 0. The van der Waals surface area contributed by atoms with Gasteiger partial charge in [0.2, 0.25) is 5.91 Å². The predicted octanol–water partition coefficient (Wildman–Crippen LogP) is 4.64. The molecular weight excluding hydrogens is 420 g/mol. The number of anilines is 1. The molecular formula is C26H26N2O3S. The molecule has 3 aromatic rings. The van der Waals surface area contributed by atoms with Gasteiger partial charge in [0.25, 0.3) is 5.91 Å². The number of nitrogens with one attached hydrogen (secondary N) is 1. The highest BCUT2D eigenvalue weighted by atomic mass is 32.2. The maximum absolute atomic E-state index is 12.6. The Bertz CT molecular complexity index is 1030. The lowest BCUT2D eigenvalue weighted by molar-refractivity contribution is -0.130. The maximum Gasteiger partial charge on any atom is 0.255 e. The van der Waals surface area contributed by atoms with Gasteiger partial charge in [-0.2, -0.15) is 11.8 Å². The van der Waals surface area contributed by atoms with E-state index in [1.807, 2.05) is 83.4 Å². The Morgan fingerprint density at radius 1 is 0.844 bits per heavy atom. The minimum absolute atomic E-state index is 0.165. The summed E-state index contributed by atoms with van der Waals surface area (Å²) in [6, 6.07) is 24.5. The van der Waals surface area contributed by atoms with Crippen molar-refractivity contribution in [2.75, 3.05) is 29.9 Å². The van der Waals surface area contributed by atoms with Crippen molar-refractivity contribution in [3.05, 3.63) is 95.6 Å².